The first-order valence-electron chi connectivity index (χ1n) is 11.5. The number of aromatic nitrogens is 1. The third-order valence-electron chi connectivity index (χ3n) is 6.03. The van der Waals surface area contributed by atoms with Gasteiger partial charge in [0.2, 0.25) is 11.8 Å². The summed E-state index contributed by atoms with van der Waals surface area (Å²) >= 11 is 0. The second-order valence-corrected chi connectivity index (χ2v) is 9.01. The lowest BCUT2D eigenvalue weighted by molar-refractivity contribution is -0.135. The molecule has 1 aliphatic rings. The third kappa shape index (κ3) is 6.06. The number of ether oxygens (including phenoxy) is 2. The van der Waals surface area contributed by atoms with Crippen LogP contribution < -0.4 is 20.7 Å². The maximum atomic E-state index is 13.2. The number of hydrogen-bond donors (Lipinski definition) is 5. The molecule has 2 heterocycles. The van der Waals surface area contributed by atoms with E-state index in [1.807, 2.05) is 26.0 Å². The van der Waals surface area contributed by atoms with Crippen LogP contribution in [0.4, 0.5) is 0 Å². The topological polar surface area (TPSA) is 142 Å². The van der Waals surface area contributed by atoms with Crippen LogP contribution in [0.1, 0.15) is 43.6 Å². The molecule has 1 aromatic carbocycles. The van der Waals surface area contributed by atoms with Crippen LogP contribution in [0.3, 0.4) is 0 Å². The number of nitrogens with one attached hydrogen (secondary N) is 4. The molecule has 2 aromatic rings. The number of carbonyl (C=O) groups excluding carboxylic acids is 3. The fourth-order valence-electron chi connectivity index (χ4n) is 4.24. The van der Waals surface area contributed by atoms with Crippen molar-refractivity contribution in [2.45, 2.75) is 51.5 Å². The molecule has 10 nitrogen and oxygen atoms in total. The molecule has 0 spiro atoms. The fourth-order valence-corrected chi connectivity index (χ4v) is 4.24. The van der Waals surface area contributed by atoms with Crippen molar-refractivity contribution in [3.63, 3.8) is 0 Å². The lowest BCUT2D eigenvalue weighted by Gasteiger charge is -2.28. The average Bonchev–Trinajstić information content (AvgIpc) is 3.43. The summed E-state index contributed by atoms with van der Waals surface area (Å²) in [6.45, 7) is 4.46. The van der Waals surface area contributed by atoms with Crippen molar-refractivity contribution in [3.05, 3.63) is 30.0 Å². The van der Waals surface area contributed by atoms with E-state index in [0.29, 0.717) is 30.8 Å². The minimum absolute atomic E-state index is 0.108. The van der Waals surface area contributed by atoms with E-state index in [1.165, 1.54) is 7.11 Å². The van der Waals surface area contributed by atoms with Crippen molar-refractivity contribution in [2.24, 2.45) is 11.8 Å². The highest BCUT2D eigenvalue weighted by Gasteiger charge is 2.33. The summed E-state index contributed by atoms with van der Waals surface area (Å²) in [6.07, 6.45) is -0.0382. The van der Waals surface area contributed by atoms with E-state index in [2.05, 4.69) is 20.9 Å². The van der Waals surface area contributed by atoms with E-state index in [-0.39, 0.29) is 24.2 Å². The Morgan fingerprint density at radius 2 is 2.00 bits per heavy atom. The standard InChI is InChI=1S/C24H34N4O6/c1-13(2)10-17(22(30)28-19(24(32)34-4)11-14-8-9-25-21(14)29)27-23(31)18-12-15-16(26-18)6-5-7-20(15)33-3/h5-7,12-14,17,19,24,26,32H,8-11H2,1-4H3,(H,25,29)(H,27,31)(H,28,30)/t14-,17-,19+,24?/m0/s1. The number of hydrogen-bond acceptors (Lipinski definition) is 6. The van der Waals surface area contributed by atoms with Gasteiger partial charge in [0.15, 0.2) is 6.29 Å². The smallest absolute Gasteiger partial charge is 0.268 e. The van der Waals surface area contributed by atoms with Gasteiger partial charge in [-0.05, 0) is 43.4 Å². The number of rotatable bonds is 11. The molecule has 34 heavy (non-hydrogen) atoms. The Hall–Kier alpha value is -3.11. The van der Waals surface area contributed by atoms with Crippen molar-refractivity contribution >= 4 is 28.6 Å². The van der Waals surface area contributed by atoms with Crippen molar-refractivity contribution < 1.29 is 29.0 Å². The molecule has 1 aromatic heterocycles. The summed E-state index contributed by atoms with van der Waals surface area (Å²) in [5, 5.41) is 19.4. The quantitative estimate of drug-likeness (QED) is 0.311. The molecule has 3 amide bonds. The number of fused-ring (bicyclic) bond motifs is 1. The molecular weight excluding hydrogens is 440 g/mol. The third-order valence-corrected chi connectivity index (χ3v) is 6.03. The van der Waals surface area contributed by atoms with Gasteiger partial charge < -0.3 is 35.5 Å². The number of aromatic amines is 1. The number of benzene rings is 1. The van der Waals surface area contributed by atoms with Gasteiger partial charge in [0.05, 0.1) is 13.2 Å². The summed E-state index contributed by atoms with van der Waals surface area (Å²) < 4.78 is 10.4. The molecule has 0 saturated carbocycles. The molecule has 1 fully saturated rings. The van der Waals surface area contributed by atoms with Crippen LogP contribution in [0.2, 0.25) is 0 Å². The molecule has 1 aliphatic heterocycles. The summed E-state index contributed by atoms with van der Waals surface area (Å²) in [5.41, 5.74) is 1.05. The Balaban J connectivity index is 1.75. The Morgan fingerprint density at radius 1 is 1.24 bits per heavy atom. The van der Waals surface area contributed by atoms with Crippen molar-refractivity contribution in [3.8, 4) is 5.75 Å². The van der Waals surface area contributed by atoms with Crippen molar-refractivity contribution in [1.82, 2.24) is 20.9 Å². The molecule has 1 saturated heterocycles. The lowest BCUT2D eigenvalue weighted by atomic mass is 9.97. The molecule has 3 rings (SSSR count). The first kappa shape index (κ1) is 25.5. The zero-order valence-electron chi connectivity index (χ0n) is 20.0. The van der Waals surface area contributed by atoms with E-state index in [0.717, 1.165) is 10.9 Å². The maximum Gasteiger partial charge on any atom is 0.268 e. The molecule has 5 N–H and O–H groups in total. The second kappa shape index (κ2) is 11.3. The van der Waals surface area contributed by atoms with Crippen LogP contribution in [0, 0.1) is 11.8 Å². The largest absolute Gasteiger partial charge is 0.496 e. The summed E-state index contributed by atoms with van der Waals surface area (Å²) in [7, 11) is 2.89. The molecule has 10 heteroatoms. The minimum Gasteiger partial charge on any atom is -0.496 e. The zero-order valence-corrected chi connectivity index (χ0v) is 20.0. The highest BCUT2D eigenvalue weighted by molar-refractivity contribution is 6.01. The predicted octanol–water partition coefficient (Wildman–Crippen LogP) is 1.30. The molecule has 186 valence electrons. The van der Waals surface area contributed by atoms with Crippen LogP contribution >= 0.6 is 0 Å². The Labute approximate surface area is 198 Å². The molecule has 4 atom stereocenters. The van der Waals surface area contributed by atoms with Crippen LogP contribution in [-0.4, -0.2) is 67.0 Å². The second-order valence-electron chi connectivity index (χ2n) is 9.01. The highest BCUT2D eigenvalue weighted by atomic mass is 16.6. The first-order valence-corrected chi connectivity index (χ1v) is 11.5. The Morgan fingerprint density at radius 3 is 2.62 bits per heavy atom. The van der Waals surface area contributed by atoms with E-state index in [4.69, 9.17) is 9.47 Å². The molecular formula is C24H34N4O6. The molecule has 0 bridgehead atoms. The number of methoxy groups -OCH3 is 2. The highest BCUT2D eigenvalue weighted by Crippen LogP contribution is 2.26. The van der Waals surface area contributed by atoms with Gasteiger partial charge in [-0.15, -0.1) is 0 Å². The number of aliphatic hydroxyl groups excluding tert-OH is 1. The van der Waals surface area contributed by atoms with Gasteiger partial charge in [-0.1, -0.05) is 19.9 Å². The van der Waals surface area contributed by atoms with Crippen LogP contribution in [0.15, 0.2) is 24.3 Å². The zero-order chi connectivity index (χ0) is 24.8. The normalized spacial score (nSPS) is 18.4. The van der Waals surface area contributed by atoms with Crippen molar-refractivity contribution in [2.75, 3.05) is 20.8 Å². The predicted molar refractivity (Wildman–Crippen MR) is 126 cm³/mol. The number of H-pyrrole nitrogens is 1. The van der Waals surface area contributed by atoms with Gasteiger partial charge in [-0.2, -0.15) is 0 Å². The van der Waals surface area contributed by atoms with Gasteiger partial charge in [0, 0.05) is 30.5 Å². The number of aliphatic hydroxyl groups is 1. The van der Waals surface area contributed by atoms with Gasteiger partial charge in [0.1, 0.15) is 17.5 Å². The molecule has 0 aliphatic carbocycles. The van der Waals surface area contributed by atoms with E-state index in [9.17, 15) is 19.5 Å². The fraction of sp³-hybridized carbons (Fsp3) is 0.542. The van der Waals surface area contributed by atoms with Gasteiger partial charge >= 0.3 is 0 Å². The van der Waals surface area contributed by atoms with Crippen molar-refractivity contribution in [1.29, 1.82) is 0 Å². The summed E-state index contributed by atoms with van der Waals surface area (Å²) in [6, 6.07) is 5.51. The van der Waals surface area contributed by atoms with Gasteiger partial charge in [0.25, 0.3) is 5.91 Å². The Kier molecular flexibility index (Phi) is 8.51. The average molecular weight is 475 g/mol. The SMILES string of the molecule is COc1cccc2[nH]c(C(=O)N[C@@H](CC(C)C)C(=O)N[C@H](C[C@@H]3CCNC3=O)C(O)OC)cc12. The lowest BCUT2D eigenvalue weighted by Crippen LogP contribution is -2.54. The van der Waals surface area contributed by atoms with E-state index < -0.39 is 30.2 Å². The van der Waals surface area contributed by atoms with Crippen LogP contribution in [0.25, 0.3) is 10.9 Å². The number of amides is 3. The van der Waals surface area contributed by atoms with Gasteiger partial charge in [-0.3, -0.25) is 14.4 Å². The first-order chi connectivity index (χ1) is 16.2. The summed E-state index contributed by atoms with van der Waals surface area (Å²) in [5.74, 6) is -0.561. The van der Waals surface area contributed by atoms with E-state index >= 15 is 0 Å². The summed E-state index contributed by atoms with van der Waals surface area (Å²) in [4.78, 5) is 41.3. The minimum atomic E-state index is -1.28. The maximum absolute atomic E-state index is 13.2. The monoisotopic (exact) mass is 474 g/mol. The molecule has 1 unspecified atom stereocenters. The van der Waals surface area contributed by atoms with E-state index in [1.54, 1.807) is 19.2 Å². The van der Waals surface area contributed by atoms with Crippen LogP contribution in [0.5, 0.6) is 5.75 Å². The molecule has 0 radical (unpaired) electrons. The van der Waals surface area contributed by atoms with Crippen LogP contribution in [-0.2, 0) is 14.3 Å². The number of carbonyl (C=O) groups is 3. The van der Waals surface area contributed by atoms with Gasteiger partial charge in [-0.25, -0.2) is 0 Å². The Bertz CT molecular complexity index is 1020.